The number of aryl methyl sites for hydroxylation is 2. The average molecular weight is 220 g/mol. The number of benzene rings is 1. The second-order valence-electron chi connectivity index (χ2n) is 4.12. The number of nitrogens with one attached hydrogen (secondary N) is 1. The van der Waals surface area contributed by atoms with E-state index in [4.69, 9.17) is 15.9 Å². The molecule has 0 aromatic heterocycles. The van der Waals surface area contributed by atoms with Crippen LogP contribution in [0.5, 0.6) is 5.75 Å². The van der Waals surface area contributed by atoms with Gasteiger partial charge in [0.05, 0.1) is 5.84 Å². The van der Waals surface area contributed by atoms with Gasteiger partial charge in [0.25, 0.3) is 0 Å². The van der Waals surface area contributed by atoms with Gasteiger partial charge >= 0.3 is 0 Å². The Morgan fingerprint density at radius 1 is 1.38 bits per heavy atom. The summed E-state index contributed by atoms with van der Waals surface area (Å²) in [6, 6.07) is 6.04. The summed E-state index contributed by atoms with van der Waals surface area (Å²) in [5, 5.41) is 7.27. The molecule has 0 amide bonds. The van der Waals surface area contributed by atoms with Gasteiger partial charge in [-0.3, -0.25) is 5.41 Å². The lowest BCUT2D eigenvalue weighted by molar-refractivity contribution is 0.204. The second-order valence-corrected chi connectivity index (χ2v) is 4.12. The fourth-order valence-electron chi connectivity index (χ4n) is 1.49. The molecule has 1 aromatic carbocycles. The molecule has 3 N–H and O–H groups in total. The van der Waals surface area contributed by atoms with Crippen molar-refractivity contribution in [3.63, 3.8) is 0 Å². The molecule has 0 radical (unpaired) electrons. The lowest BCUT2D eigenvalue weighted by atomic mass is 10.1. The highest BCUT2D eigenvalue weighted by molar-refractivity contribution is 5.77. The summed E-state index contributed by atoms with van der Waals surface area (Å²) in [6.45, 7) is 6.18. The van der Waals surface area contributed by atoms with Crippen molar-refractivity contribution in [1.82, 2.24) is 0 Å². The van der Waals surface area contributed by atoms with Crippen LogP contribution in [0.3, 0.4) is 0 Å². The van der Waals surface area contributed by atoms with Gasteiger partial charge in [-0.1, -0.05) is 13.0 Å². The number of rotatable bonds is 5. The van der Waals surface area contributed by atoms with Gasteiger partial charge < -0.3 is 10.5 Å². The van der Waals surface area contributed by atoms with Crippen LogP contribution in [0.2, 0.25) is 0 Å². The molecule has 0 fully saturated rings. The zero-order valence-corrected chi connectivity index (χ0v) is 10.2. The van der Waals surface area contributed by atoms with E-state index in [-0.39, 0.29) is 11.9 Å². The largest absolute Gasteiger partial charge is 0.490 e. The van der Waals surface area contributed by atoms with E-state index < -0.39 is 0 Å². The summed E-state index contributed by atoms with van der Waals surface area (Å²) in [5.74, 6) is 1.03. The van der Waals surface area contributed by atoms with Crippen LogP contribution < -0.4 is 10.5 Å². The van der Waals surface area contributed by atoms with Gasteiger partial charge in [-0.2, -0.15) is 0 Å². The van der Waals surface area contributed by atoms with Crippen molar-refractivity contribution in [2.75, 3.05) is 0 Å². The molecule has 1 rings (SSSR count). The molecule has 1 atom stereocenters. The van der Waals surface area contributed by atoms with Crippen LogP contribution in [0, 0.1) is 19.3 Å². The van der Waals surface area contributed by atoms with Crippen molar-refractivity contribution in [2.45, 2.75) is 39.7 Å². The zero-order chi connectivity index (χ0) is 12.1. The molecule has 0 aliphatic carbocycles. The maximum absolute atomic E-state index is 7.27. The summed E-state index contributed by atoms with van der Waals surface area (Å²) < 4.78 is 5.79. The van der Waals surface area contributed by atoms with Crippen molar-refractivity contribution in [2.24, 2.45) is 5.73 Å². The first-order chi connectivity index (χ1) is 7.52. The Balaban J connectivity index is 2.70. The molecular weight excluding hydrogens is 200 g/mol. The van der Waals surface area contributed by atoms with E-state index in [1.165, 1.54) is 11.1 Å². The molecule has 0 saturated carbocycles. The maximum Gasteiger partial charge on any atom is 0.120 e. The van der Waals surface area contributed by atoms with E-state index in [1.807, 2.05) is 25.1 Å². The van der Waals surface area contributed by atoms with Gasteiger partial charge in [-0.15, -0.1) is 0 Å². The second kappa shape index (κ2) is 5.54. The highest BCUT2D eigenvalue weighted by Crippen LogP contribution is 2.19. The summed E-state index contributed by atoms with van der Waals surface area (Å²) in [7, 11) is 0. The van der Waals surface area contributed by atoms with E-state index in [1.54, 1.807) is 0 Å². The first kappa shape index (κ1) is 12.6. The van der Waals surface area contributed by atoms with E-state index in [2.05, 4.69) is 13.8 Å². The maximum atomic E-state index is 7.27. The number of hydrogen-bond donors (Lipinski definition) is 2. The molecule has 88 valence electrons. The Labute approximate surface area is 97.1 Å². The Morgan fingerprint density at radius 3 is 2.56 bits per heavy atom. The topological polar surface area (TPSA) is 59.1 Å². The summed E-state index contributed by atoms with van der Waals surface area (Å²) >= 11 is 0. The molecule has 0 heterocycles. The Morgan fingerprint density at radius 2 is 2.06 bits per heavy atom. The highest BCUT2D eigenvalue weighted by atomic mass is 16.5. The first-order valence-electron chi connectivity index (χ1n) is 5.59. The van der Waals surface area contributed by atoms with E-state index in [0.717, 1.165) is 12.2 Å². The number of nitrogens with two attached hydrogens (primary N) is 1. The quantitative estimate of drug-likeness (QED) is 0.592. The standard InChI is InChI=1S/C13H20N2O/c1-4-11(8-13(14)15)16-12-6-5-9(2)10(3)7-12/h5-7,11H,4,8H2,1-3H3,(H3,14,15). The molecule has 3 heteroatoms. The van der Waals surface area contributed by atoms with Gasteiger partial charge in [-0.05, 0) is 43.5 Å². The number of ether oxygens (including phenoxy) is 1. The van der Waals surface area contributed by atoms with Crippen molar-refractivity contribution in [3.05, 3.63) is 29.3 Å². The fraction of sp³-hybridized carbons (Fsp3) is 0.462. The third kappa shape index (κ3) is 3.57. The number of hydrogen-bond acceptors (Lipinski definition) is 2. The van der Waals surface area contributed by atoms with Crippen LogP contribution in [0.25, 0.3) is 0 Å². The predicted molar refractivity (Wildman–Crippen MR) is 67.2 cm³/mol. The van der Waals surface area contributed by atoms with Gasteiger partial charge in [-0.25, -0.2) is 0 Å². The monoisotopic (exact) mass is 220 g/mol. The van der Waals surface area contributed by atoms with Crippen LogP contribution >= 0.6 is 0 Å². The van der Waals surface area contributed by atoms with Crippen LogP contribution in [0.1, 0.15) is 30.9 Å². The zero-order valence-electron chi connectivity index (χ0n) is 10.2. The van der Waals surface area contributed by atoms with E-state index in [9.17, 15) is 0 Å². The normalized spacial score (nSPS) is 12.2. The Bertz CT molecular complexity index is 374. The van der Waals surface area contributed by atoms with Crippen LogP contribution in [0.15, 0.2) is 18.2 Å². The van der Waals surface area contributed by atoms with E-state index in [0.29, 0.717) is 6.42 Å². The molecule has 0 aliphatic heterocycles. The fourth-order valence-corrected chi connectivity index (χ4v) is 1.49. The average Bonchev–Trinajstić information content (AvgIpc) is 2.22. The van der Waals surface area contributed by atoms with Gasteiger partial charge in [0.1, 0.15) is 11.9 Å². The molecule has 0 bridgehead atoms. The molecule has 3 nitrogen and oxygen atoms in total. The van der Waals surface area contributed by atoms with Gasteiger partial charge in [0.15, 0.2) is 0 Å². The lowest BCUT2D eigenvalue weighted by Gasteiger charge is -2.17. The van der Waals surface area contributed by atoms with Crippen molar-refractivity contribution < 1.29 is 4.74 Å². The summed E-state index contributed by atoms with van der Waals surface area (Å²) in [5.41, 5.74) is 7.85. The molecule has 0 aliphatic rings. The molecule has 1 aromatic rings. The summed E-state index contributed by atoms with van der Waals surface area (Å²) in [4.78, 5) is 0. The highest BCUT2D eigenvalue weighted by Gasteiger charge is 2.09. The molecule has 16 heavy (non-hydrogen) atoms. The summed E-state index contributed by atoms with van der Waals surface area (Å²) in [6.07, 6.45) is 1.34. The van der Waals surface area contributed by atoms with Gasteiger partial charge in [0, 0.05) is 6.42 Å². The first-order valence-corrected chi connectivity index (χ1v) is 5.59. The third-order valence-corrected chi connectivity index (χ3v) is 2.68. The number of amidine groups is 1. The van der Waals surface area contributed by atoms with Crippen LogP contribution in [-0.4, -0.2) is 11.9 Å². The minimum atomic E-state index is -0.000365. The predicted octanol–water partition coefficient (Wildman–Crippen LogP) is 2.79. The molecule has 0 saturated heterocycles. The van der Waals surface area contributed by atoms with Crippen LogP contribution in [-0.2, 0) is 0 Å². The van der Waals surface area contributed by atoms with Gasteiger partial charge in [0.2, 0.25) is 0 Å². The Hall–Kier alpha value is -1.51. The molecule has 1 unspecified atom stereocenters. The van der Waals surface area contributed by atoms with Crippen LogP contribution in [0.4, 0.5) is 0 Å². The van der Waals surface area contributed by atoms with Crippen molar-refractivity contribution in [1.29, 1.82) is 5.41 Å². The van der Waals surface area contributed by atoms with Crippen molar-refractivity contribution in [3.8, 4) is 5.75 Å². The lowest BCUT2D eigenvalue weighted by Crippen LogP contribution is -2.23. The van der Waals surface area contributed by atoms with Crippen molar-refractivity contribution >= 4 is 5.84 Å². The SMILES string of the molecule is CCC(CC(=N)N)Oc1ccc(C)c(C)c1. The third-order valence-electron chi connectivity index (χ3n) is 2.68. The van der Waals surface area contributed by atoms with E-state index >= 15 is 0 Å². The minimum absolute atomic E-state index is 0.000365. The molecule has 0 spiro atoms. The minimum Gasteiger partial charge on any atom is -0.490 e. The smallest absolute Gasteiger partial charge is 0.120 e. The molecular formula is C13H20N2O. The Kier molecular flexibility index (Phi) is 4.35.